The Morgan fingerprint density at radius 1 is 1.24 bits per heavy atom. The SMILES string of the molecule is COc1ccc(CC(=O)CSc2ccccc2C)cc1Br. The lowest BCUT2D eigenvalue weighted by Gasteiger charge is -2.07. The molecule has 2 rings (SSSR count). The first-order chi connectivity index (χ1) is 10.1. The summed E-state index contributed by atoms with van der Waals surface area (Å²) in [4.78, 5) is 13.3. The number of carbonyl (C=O) groups excluding carboxylic acids is 1. The van der Waals surface area contributed by atoms with Crippen molar-refractivity contribution in [1.29, 1.82) is 0 Å². The quantitative estimate of drug-likeness (QED) is 0.696. The topological polar surface area (TPSA) is 26.3 Å². The number of hydrogen-bond donors (Lipinski definition) is 0. The van der Waals surface area contributed by atoms with Crippen molar-refractivity contribution in [3.63, 3.8) is 0 Å². The predicted octanol–water partition coefficient (Wildman–Crippen LogP) is 4.67. The lowest BCUT2D eigenvalue weighted by molar-refractivity contribution is -0.116. The molecular weight excluding hydrogens is 348 g/mol. The molecule has 0 saturated heterocycles. The summed E-state index contributed by atoms with van der Waals surface area (Å²) in [6.07, 6.45) is 0.446. The minimum atomic E-state index is 0.223. The molecular formula is C17H17BrO2S. The standard InChI is InChI=1S/C17H17BrO2S/c1-12-5-3-4-6-17(12)21-11-14(19)9-13-7-8-16(20-2)15(18)10-13/h3-8,10H,9,11H2,1-2H3. The Bertz CT molecular complexity index is 640. The smallest absolute Gasteiger partial charge is 0.147 e. The molecule has 2 aromatic rings. The molecule has 2 aromatic carbocycles. The number of aryl methyl sites for hydroxylation is 1. The van der Waals surface area contributed by atoms with Gasteiger partial charge in [-0.25, -0.2) is 0 Å². The van der Waals surface area contributed by atoms with Crippen LogP contribution >= 0.6 is 27.7 Å². The van der Waals surface area contributed by atoms with Crippen LogP contribution in [0.25, 0.3) is 0 Å². The summed E-state index contributed by atoms with van der Waals surface area (Å²) in [7, 11) is 1.63. The van der Waals surface area contributed by atoms with E-state index >= 15 is 0 Å². The second-order valence-corrected chi connectivity index (χ2v) is 6.61. The molecule has 110 valence electrons. The number of halogens is 1. The van der Waals surface area contributed by atoms with Crippen LogP contribution in [0.3, 0.4) is 0 Å². The third-order valence-electron chi connectivity index (χ3n) is 3.10. The molecule has 0 unspecified atom stereocenters. The van der Waals surface area contributed by atoms with Crippen molar-refractivity contribution < 1.29 is 9.53 Å². The maximum atomic E-state index is 12.1. The van der Waals surface area contributed by atoms with Crippen LogP contribution in [-0.4, -0.2) is 18.6 Å². The number of carbonyl (C=O) groups is 1. The first kappa shape index (κ1) is 16.1. The highest BCUT2D eigenvalue weighted by atomic mass is 79.9. The molecule has 0 radical (unpaired) electrons. The molecule has 0 spiro atoms. The zero-order valence-electron chi connectivity index (χ0n) is 12.1. The zero-order valence-corrected chi connectivity index (χ0v) is 14.5. The molecule has 0 bridgehead atoms. The summed E-state index contributed by atoms with van der Waals surface area (Å²) >= 11 is 5.04. The van der Waals surface area contributed by atoms with Gasteiger partial charge in [0.1, 0.15) is 11.5 Å². The number of hydrogen-bond acceptors (Lipinski definition) is 3. The Balaban J connectivity index is 1.93. The summed E-state index contributed by atoms with van der Waals surface area (Å²) in [5.74, 6) is 1.50. The van der Waals surface area contributed by atoms with E-state index in [0.29, 0.717) is 12.2 Å². The molecule has 0 atom stereocenters. The highest BCUT2D eigenvalue weighted by Crippen LogP contribution is 2.26. The van der Waals surface area contributed by atoms with Crippen molar-refractivity contribution in [2.45, 2.75) is 18.2 Å². The van der Waals surface area contributed by atoms with Gasteiger partial charge in [-0.05, 0) is 52.2 Å². The van der Waals surface area contributed by atoms with Gasteiger partial charge in [-0.2, -0.15) is 0 Å². The van der Waals surface area contributed by atoms with Crippen molar-refractivity contribution in [3.05, 3.63) is 58.1 Å². The fourth-order valence-electron chi connectivity index (χ4n) is 1.98. The highest BCUT2D eigenvalue weighted by Gasteiger charge is 2.08. The van der Waals surface area contributed by atoms with Gasteiger partial charge < -0.3 is 4.74 Å². The van der Waals surface area contributed by atoms with Gasteiger partial charge in [0, 0.05) is 11.3 Å². The van der Waals surface area contributed by atoms with Crippen LogP contribution in [0, 0.1) is 6.92 Å². The number of benzene rings is 2. The molecule has 4 heteroatoms. The van der Waals surface area contributed by atoms with E-state index in [1.54, 1.807) is 18.9 Å². The van der Waals surface area contributed by atoms with Crippen LogP contribution in [0.2, 0.25) is 0 Å². The van der Waals surface area contributed by atoms with Gasteiger partial charge in [-0.3, -0.25) is 4.79 Å². The number of methoxy groups -OCH3 is 1. The van der Waals surface area contributed by atoms with Crippen molar-refractivity contribution >= 4 is 33.5 Å². The van der Waals surface area contributed by atoms with E-state index in [2.05, 4.69) is 35.0 Å². The van der Waals surface area contributed by atoms with E-state index in [1.807, 2.05) is 30.3 Å². The second-order valence-electron chi connectivity index (χ2n) is 4.74. The van der Waals surface area contributed by atoms with Crippen molar-refractivity contribution in [1.82, 2.24) is 0 Å². The number of thioether (sulfide) groups is 1. The van der Waals surface area contributed by atoms with E-state index in [4.69, 9.17) is 4.74 Å². The molecule has 0 heterocycles. The molecule has 21 heavy (non-hydrogen) atoms. The second kappa shape index (κ2) is 7.66. The highest BCUT2D eigenvalue weighted by molar-refractivity contribution is 9.10. The Morgan fingerprint density at radius 3 is 2.67 bits per heavy atom. The van der Waals surface area contributed by atoms with E-state index in [9.17, 15) is 4.79 Å². The van der Waals surface area contributed by atoms with Gasteiger partial charge in [0.2, 0.25) is 0 Å². The monoisotopic (exact) mass is 364 g/mol. The average Bonchev–Trinajstić information content (AvgIpc) is 2.46. The molecule has 0 aliphatic heterocycles. The van der Waals surface area contributed by atoms with Crippen LogP contribution in [0.1, 0.15) is 11.1 Å². The van der Waals surface area contributed by atoms with Crippen LogP contribution in [-0.2, 0) is 11.2 Å². The Kier molecular flexibility index (Phi) is 5.88. The fraction of sp³-hybridized carbons (Fsp3) is 0.235. The molecule has 0 fully saturated rings. The van der Waals surface area contributed by atoms with Crippen molar-refractivity contribution in [2.24, 2.45) is 0 Å². The lowest BCUT2D eigenvalue weighted by Crippen LogP contribution is -2.06. The fourth-order valence-corrected chi connectivity index (χ4v) is 3.45. The van der Waals surface area contributed by atoms with Crippen molar-refractivity contribution in [3.8, 4) is 5.75 Å². The van der Waals surface area contributed by atoms with Crippen LogP contribution in [0.15, 0.2) is 51.8 Å². The minimum Gasteiger partial charge on any atom is -0.496 e. The van der Waals surface area contributed by atoms with Gasteiger partial charge >= 0.3 is 0 Å². The summed E-state index contributed by atoms with van der Waals surface area (Å²) in [6, 6.07) is 13.9. The number of Topliss-reactive ketones (excluding diaryl/α,β-unsaturated/α-hetero) is 1. The number of rotatable bonds is 6. The van der Waals surface area contributed by atoms with Crippen molar-refractivity contribution in [2.75, 3.05) is 12.9 Å². The van der Waals surface area contributed by atoms with Crippen LogP contribution in [0.5, 0.6) is 5.75 Å². The molecule has 0 aliphatic rings. The molecule has 0 amide bonds. The average molecular weight is 365 g/mol. The molecule has 0 aromatic heterocycles. The molecule has 0 aliphatic carbocycles. The van der Waals surface area contributed by atoms with Gasteiger partial charge in [0.15, 0.2) is 0 Å². The van der Waals surface area contributed by atoms with E-state index < -0.39 is 0 Å². The Morgan fingerprint density at radius 2 is 2.00 bits per heavy atom. The summed E-state index contributed by atoms with van der Waals surface area (Å²) in [6.45, 7) is 2.06. The van der Waals surface area contributed by atoms with Crippen LogP contribution in [0.4, 0.5) is 0 Å². The first-order valence-electron chi connectivity index (χ1n) is 6.62. The third kappa shape index (κ3) is 4.61. The number of ketones is 1. The van der Waals surface area contributed by atoms with Gasteiger partial charge in [-0.15, -0.1) is 11.8 Å². The van der Waals surface area contributed by atoms with Gasteiger partial charge in [-0.1, -0.05) is 24.3 Å². The maximum absolute atomic E-state index is 12.1. The van der Waals surface area contributed by atoms with Gasteiger partial charge in [0.25, 0.3) is 0 Å². The largest absolute Gasteiger partial charge is 0.496 e. The lowest BCUT2D eigenvalue weighted by atomic mass is 10.1. The Labute approximate surface area is 138 Å². The van der Waals surface area contributed by atoms with E-state index in [-0.39, 0.29) is 5.78 Å². The summed E-state index contributed by atoms with van der Waals surface area (Å²) in [5, 5.41) is 0. The molecule has 0 N–H and O–H groups in total. The minimum absolute atomic E-state index is 0.223. The maximum Gasteiger partial charge on any atom is 0.147 e. The van der Waals surface area contributed by atoms with Gasteiger partial charge in [0.05, 0.1) is 17.3 Å². The Hall–Kier alpha value is -1.26. The molecule has 2 nitrogen and oxygen atoms in total. The predicted molar refractivity (Wildman–Crippen MR) is 91.3 cm³/mol. The first-order valence-corrected chi connectivity index (χ1v) is 8.40. The normalized spacial score (nSPS) is 10.4. The van der Waals surface area contributed by atoms with Crippen LogP contribution < -0.4 is 4.74 Å². The summed E-state index contributed by atoms with van der Waals surface area (Å²) in [5.41, 5.74) is 2.21. The summed E-state index contributed by atoms with van der Waals surface area (Å²) < 4.78 is 6.06. The zero-order chi connectivity index (χ0) is 15.2. The van der Waals surface area contributed by atoms with E-state index in [0.717, 1.165) is 15.8 Å². The van der Waals surface area contributed by atoms with E-state index in [1.165, 1.54) is 10.5 Å². The third-order valence-corrected chi connectivity index (χ3v) is 4.95. The number of ether oxygens (including phenoxy) is 1. The molecule has 0 saturated carbocycles.